The van der Waals surface area contributed by atoms with Gasteiger partial charge in [0, 0.05) is 0 Å². The largest absolute Gasteiger partial charge is 0.444 e. The Hall–Kier alpha value is -1.06. The van der Waals surface area contributed by atoms with Crippen LogP contribution in [0.15, 0.2) is 0 Å². The summed E-state index contributed by atoms with van der Waals surface area (Å²) in [6, 6.07) is -0.607. The molecular formula is C10H18NO3. The molecule has 1 atom stereocenters. The Bertz CT molecular complexity index is 206. The van der Waals surface area contributed by atoms with E-state index in [4.69, 9.17) is 4.74 Å². The summed E-state index contributed by atoms with van der Waals surface area (Å²) >= 11 is 0. The minimum atomic E-state index is -0.607. The zero-order chi connectivity index (χ0) is 11.4. The Morgan fingerprint density at radius 1 is 1.36 bits per heavy atom. The lowest BCUT2D eigenvalue weighted by Gasteiger charge is -2.22. The molecule has 0 unspecified atom stereocenters. The van der Waals surface area contributed by atoms with E-state index in [1.807, 2.05) is 13.8 Å². The molecule has 0 aliphatic rings. The van der Waals surface area contributed by atoms with Crippen LogP contribution >= 0.6 is 0 Å². The topological polar surface area (TPSA) is 55.4 Å². The van der Waals surface area contributed by atoms with E-state index in [0.717, 1.165) is 0 Å². The molecule has 0 aromatic rings. The van der Waals surface area contributed by atoms with Gasteiger partial charge in [0.15, 0.2) is 0 Å². The molecular weight excluding hydrogens is 182 g/mol. The minimum Gasteiger partial charge on any atom is -0.444 e. The van der Waals surface area contributed by atoms with Gasteiger partial charge >= 0.3 is 6.09 Å². The van der Waals surface area contributed by atoms with Gasteiger partial charge in [0.2, 0.25) is 6.29 Å². The molecule has 0 aliphatic heterocycles. The molecule has 4 heteroatoms. The fourth-order valence-electron chi connectivity index (χ4n) is 0.767. The van der Waals surface area contributed by atoms with Gasteiger partial charge in [0.25, 0.3) is 0 Å². The monoisotopic (exact) mass is 200 g/mol. The molecule has 0 aromatic carbocycles. The van der Waals surface area contributed by atoms with E-state index < -0.39 is 17.7 Å². The number of carbonyl (C=O) groups excluding carboxylic acids is 2. The number of hydrogen-bond acceptors (Lipinski definition) is 3. The van der Waals surface area contributed by atoms with E-state index in [0.29, 0.717) is 0 Å². The van der Waals surface area contributed by atoms with Crippen LogP contribution in [-0.2, 0) is 9.53 Å². The highest BCUT2D eigenvalue weighted by molar-refractivity contribution is 5.73. The molecule has 1 N–H and O–H groups in total. The van der Waals surface area contributed by atoms with Gasteiger partial charge in [0.1, 0.15) is 11.6 Å². The average Bonchev–Trinajstić information content (AvgIpc) is 1.96. The van der Waals surface area contributed by atoms with Crippen molar-refractivity contribution in [2.75, 3.05) is 0 Å². The first-order valence-electron chi connectivity index (χ1n) is 4.63. The quantitative estimate of drug-likeness (QED) is 0.753. The van der Waals surface area contributed by atoms with Crippen molar-refractivity contribution in [3.63, 3.8) is 0 Å². The fourth-order valence-corrected chi connectivity index (χ4v) is 0.767. The maximum atomic E-state index is 11.2. The first-order valence-corrected chi connectivity index (χ1v) is 4.63. The summed E-state index contributed by atoms with van der Waals surface area (Å²) < 4.78 is 4.99. The first kappa shape index (κ1) is 12.9. The highest BCUT2D eigenvalue weighted by Gasteiger charge is 2.21. The Morgan fingerprint density at radius 2 is 1.86 bits per heavy atom. The van der Waals surface area contributed by atoms with E-state index in [1.165, 1.54) is 0 Å². The number of carbonyl (C=O) groups is 1. The van der Waals surface area contributed by atoms with Crippen molar-refractivity contribution in [3.05, 3.63) is 0 Å². The van der Waals surface area contributed by atoms with Crippen molar-refractivity contribution in [3.8, 4) is 0 Å². The Morgan fingerprint density at radius 3 is 2.14 bits per heavy atom. The van der Waals surface area contributed by atoms with E-state index >= 15 is 0 Å². The van der Waals surface area contributed by atoms with Crippen molar-refractivity contribution in [1.82, 2.24) is 5.32 Å². The number of alkyl carbamates (subject to hydrolysis) is 1. The van der Waals surface area contributed by atoms with Gasteiger partial charge in [-0.25, -0.2) is 4.79 Å². The van der Waals surface area contributed by atoms with Gasteiger partial charge in [-0.15, -0.1) is 0 Å². The third-order valence-corrected chi connectivity index (χ3v) is 1.47. The van der Waals surface area contributed by atoms with Crippen molar-refractivity contribution in [2.45, 2.75) is 46.3 Å². The highest BCUT2D eigenvalue weighted by atomic mass is 16.6. The molecule has 0 spiro atoms. The second kappa shape index (κ2) is 4.98. The molecule has 0 aliphatic carbocycles. The standard InChI is InChI=1S/C10H18NO3/c1-7(2)8(6-12)11-9(13)14-10(3,4)5/h7-8H,1-5H3,(H,11,13)/t8-/m1/s1. The zero-order valence-electron chi connectivity index (χ0n) is 9.38. The normalized spacial score (nSPS) is 13.6. The fraction of sp³-hybridized carbons (Fsp3) is 0.800. The van der Waals surface area contributed by atoms with Crippen LogP contribution in [0.3, 0.4) is 0 Å². The van der Waals surface area contributed by atoms with E-state index in [-0.39, 0.29) is 5.92 Å². The van der Waals surface area contributed by atoms with Crippen molar-refractivity contribution in [2.24, 2.45) is 5.92 Å². The second-order valence-electron chi connectivity index (χ2n) is 4.49. The Kier molecular flexibility index (Phi) is 4.60. The molecule has 1 amide bonds. The smallest absolute Gasteiger partial charge is 0.408 e. The third-order valence-electron chi connectivity index (χ3n) is 1.47. The molecule has 0 bridgehead atoms. The van der Waals surface area contributed by atoms with E-state index in [1.54, 1.807) is 27.1 Å². The van der Waals surface area contributed by atoms with Gasteiger partial charge < -0.3 is 10.1 Å². The molecule has 0 fully saturated rings. The predicted octanol–water partition coefficient (Wildman–Crippen LogP) is 1.65. The summed E-state index contributed by atoms with van der Waals surface area (Å²) in [6.07, 6.45) is 1.17. The maximum Gasteiger partial charge on any atom is 0.408 e. The summed E-state index contributed by atoms with van der Waals surface area (Å²) in [5.41, 5.74) is -0.547. The molecule has 0 aromatic heterocycles. The first-order chi connectivity index (χ1) is 6.26. The summed E-state index contributed by atoms with van der Waals surface area (Å²) in [7, 11) is 0. The van der Waals surface area contributed by atoms with Crippen LogP contribution in [0.2, 0.25) is 0 Å². The van der Waals surface area contributed by atoms with E-state index in [9.17, 15) is 9.59 Å². The van der Waals surface area contributed by atoms with Gasteiger partial charge in [-0.05, 0) is 26.7 Å². The Balaban J connectivity index is 4.11. The second-order valence-corrected chi connectivity index (χ2v) is 4.49. The van der Waals surface area contributed by atoms with E-state index in [2.05, 4.69) is 5.32 Å². The molecule has 4 nitrogen and oxygen atoms in total. The van der Waals surface area contributed by atoms with Crippen LogP contribution in [0.5, 0.6) is 0 Å². The molecule has 14 heavy (non-hydrogen) atoms. The van der Waals surface area contributed by atoms with Crippen LogP contribution in [0, 0.1) is 5.92 Å². The van der Waals surface area contributed by atoms with Crippen molar-refractivity contribution < 1.29 is 14.3 Å². The highest BCUT2D eigenvalue weighted by Crippen LogP contribution is 2.07. The minimum absolute atomic E-state index is 0.0139. The molecule has 0 rings (SSSR count). The number of amides is 1. The van der Waals surface area contributed by atoms with Crippen molar-refractivity contribution in [1.29, 1.82) is 0 Å². The number of hydrogen-bond donors (Lipinski definition) is 1. The lowest BCUT2D eigenvalue weighted by Crippen LogP contribution is -2.42. The van der Waals surface area contributed by atoms with Crippen LogP contribution < -0.4 is 5.32 Å². The molecule has 81 valence electrons. The summed E-state index contributed by atoms with van der Waals surface area (Å²) in [4.78, 5) is 21.7. The number of rotatable bonds is 3. The summed E-state index contributed by atoms with van der Waals surface area (Å²) in [6.45, 7) is 8.95. The van der Waals surface area contributed by atoms with Gasteiger partial charge in [-0.1, -0.05) is 13.8 Å². The van der Waals surface area contributed by atoms with Crippen LogP contribution in [0.4, 0.5) is 4.79 Å². The summed E-state index contributed by atoms with van der Waals surface area (Å²) in [5.74, 6) is 0.0139. The third kappa shape index (κ3) is 5.56. The lowest BCUT2D eigenvalue weighted by molar-refractivity contribution is 0.0507. The van der Waals surface area contributed by atoms with Crippen LogP contribution in [0.1, 0.15) is 34.6 Å². The van der Waals surface area contributed by atoms with Crippen LogP contribution in [-0.4, -0.2) is 24.0 Å². The van der Waals surface area contributed by atoms with Crippen molar-refractivity contribution >= 4 is 12.4 Å². The summed E-state index contributed by atoms with van der Waals surface area (Å²) in [5, 5.41) is 2.44. The van der Waals surface area contributed by atoms with Gasteiger partial charge in [0.05, 0.1) is 0 Å². The predicted molar refractivity (Wildman–Crippen MR) is 53.7 cm³/mol. The van der Waals surface area contributed by atoms with Gasteiger partial charge in [-0.2, -0.15) is 0 Å². The maximum absolute atomic E-state index is 11.2. The Labute approximate surface area is 85.0 Å². The molecule has 0 saturated carbocycles. The number of ether oxygens (including phenoxy) is 1. The SMILES string of the molecule is CC(C)[C@@H]([C]=O)NC(=O)OC(C)(C)C. The van der Waals surface area contributed by atoms with Crippen LogP contribution in [0.25, 0.3) is 0 Å². The zero-order valence-corrected chi connectivity index (χ0v) is 9.38. The number of nitrogens with one attached hydrogen (secondary N) is 1. The molecule has 0 heterocycles. The molecule has 1 radical (unpaired) electrons. The average molecular weight is 200 g/mol. The van der Waals surface area contributed by atoms with Gasteiger partial charge in [-0.3, -0.25) is 4.79 Å². The lowest BCUT2D eigenvalue weighted by atomic mass is 10.1. The molecule has 0 saturated heterocycles.